The molecule has 0 unspecified atom stereocenters. The molecule has 5 rings (SSSR count). The van der Waals surface area contributed by atoms with Gasteiger partial charge in [0, 0.05) is 16.5 Å². The second-order valence-electron chi connectivity index (χ2n) is 7.88. The highest BCUT2D eigenvalue weighted by Crippen LogP contribution is 2.33. The van der Waals surface area contributed by atoms with Gasteiger partial charge >= 0.3 is 5.97 Å². The van der Waals surface area contributed by atoms with Crippen molar-refractivity contribution in [3.8, 4) is 34.1 Å². The zero-order valence-corrected chi connectivity index (χ0v) is 20.8. The van der Waals surface area contributed by atoms with Crippen molar-refractivity contribution in [3.63, 3.8) is 0 Å². The highest BCUT2D eigenvalue weighted by molar-refractivity contribution is 7.14. The summed E-state index contributed by atoms with van der Waals surface area (Å²) in [6, 6.07) is 20.0. The predicted octanol–water partition coefficient (Wildman–Crippen LogP) is 5.17. The van der Waals surface area contributed by atoms with Gasteiger partial charge in [0.2, 0.25) is 0 Å². The maximum absolute atomic E-state index is 12.8. The summed E-state index contributed by atoms with van der Waals surface area (Å²) in [4.78, 5) is 37.5. The first-order valence-corrected chi connectivity index (χ1v) is 12.1. The zero-order chi connectivity index (χ0) is 25.8. The number of imidazole rings is 1. The molecule has 1 amide bonds. The van der Waals surface area contributed by atoms with Gasteiger partial charge in [-0.25, -0.2) is 14.8 Å². The number of carbonyl (C=O) groups excluding carboxylic acids is 2. The number of hydrogen-bond donors (Lipinski definition) is 2. The number of aromatic amines is 1. The first-order valence-electron chi connectivity index (χ1n) is 11.2. The molecule has 5 aromatic rings. The summed E-state index contributed by atoms with van der Waals surface area (Å²) in [5.74, 6) is 0.606. The third-order valence-corrected chi connectivity index (χ3v) is 6.31. The van der Waals surface area contributed by atoms with Crippen LogP contribution in [-0.4, -0.2) is 47.7 Å². The van der Waals surface area contributed by atoms with Crippen molar-refractivity contribution < 1.29 is 23.8 Å². The topological polar surface area (TPSA) is 115 Å². The molecule has 0 spiro atoms. The van der Waals surface area contributed by atoms with Crippen LogP contribution in [0.25, 0.3) is 33.7 Å². The monoisotopic (exact) mass is 514 g/mol. The lowest BCUT2D eigenvalue weighted by atomic mass is 10.1. The van der Waals surface area contributed by atoms with Gasteiger partial charge < -0.3 is 19.2 Å². The summed E-state index contributed by atoms with van der Waals surface area (Å²) >= 11 is 1.26. The Bertz CT molecular complexity index is 1560. The van der Waals surface area contributed by atoms with Crippen LogP contribution in [0.5, 0.6) is 11.5 Å². The first kappa shape index (κ1) is 24.0. The van der Waals surface area contributed by atoms with Crippen LogP contribution in [0.3, 0.4) is 0 Å². The van der Waals surface area contributed by atoms with Crippen LogP contribution >= 0.6 is 11.3 Å². The van der Waals surface area contributed by atoms with E-state index < -0.39 is 18.5 Å². The van der Waals surface area contributed by atoms with Gasteiger partial charge in [0.25, 0.3) is 5.91 Å². The zero-order valence-electron chi connectivity index (χ0n) is 20.0. The van der Waals surface area contributed by atoms with Crippen molar-refractivity contribution in [2.75, 3.05) is 26.1 Å². The fraction of sp³-hybridized carbons (Fsp3) is 0.111. The Labute approximate surface area is 216 Å². The Balaban J connectivity index is 1.24. The van der Waals surface area contributed by atoms with Crippen molar-refractivity contribution in [3.05, 3.63) is 77.7 Å². The van der Waals surface area contributed by atoms with Gasteiger partial charge in [-0.1, -0.05) is 30.3 Å². The maximum Gasteiger partial charge on any atom is 0.339 e. The van der Waals surface area contributed by atoms with E-state index in [-0.39, 0.29) is 0 Å². The molecule has 0 atom stereocenters. The van der Waals surface area contributed by atoms with Gasteiger partial charge in [0.15, 0.2) is 23.2 Å². The summed E-state index contributed by atoms with van der Waals surface area (Å²) in [6.07, 6.45) is 0. The van der Waals surface area contributed by atoms with Gasteiger partial charge in [-0.2, -0.15) is 0 Å². The van der Waals surface area contributed by atoms with Gasteiger partial charge in [-0.15, -0.1) is 11.3 Å². The lowest BCUT2D eigenvalue weighted by Crippen LogP contribution is -2.21. The van der Waals surface area contributed by atoms with Crippen molar-refractivity contribution in [1.29, 1.82) is 0 Å². The molecule has 0 aliphatic carbocycles. The molecule has 0 saturated carbocycles. The smallest absolute Gasteiger partial charge is 0.339 e. The number of H-pyrrole nitrogens is 1. The minimum absolute atomic E-state index is 0.305. The molecule has 0 radical (unpaired) electrons. The van der Waals surface area contributed by atoms with Gasteiger partial charge in [0.05, 0.1) is 36.5 Å². The minimum atomic E-state index is -0.628. The normalized spacial score (nSPS) is 10.8. The number of rotatable bonds is 8. The molecule has 0 fully saturated rings. The quantitative estimate of drug-likeness (QED) is 0.275. The first-order chi connectivity index (χ1) is 18.1. The number of para-hydroxylation sites is 2. The summed E-state index contributed by atoms with van der Waals surface area (Å²) in [5.41, 5.74) is 4.01. The van der Waals surface area contributed by atoms with Crippen LogP contribution in [0.2, 0.25) is 0 Å². The Morgan fingerprint density at radius 1 is 0.946 bits per heavy atom. The SMILES string of the molecule is COc1ccc(-c2csc(NC(=O)COC(=O)c3ccccc3-c3nc4ccccc4[nH]3)n2)cc1OC. The lowest BCUT2D eigenvalue weighted by Gasteiger charge is -2.08. The van der Waals surface area contributed by atoms with E-state index in [1.807, 2.05) is 41.8 Å². The van der Waals surface area contributed by atoms with Gasteiger partial charge in [-0.05, 0) is 36.4 Å². The molecule has 186 valence electrons. The molecule has 10 heteroatoms. The Hall–Kier alpha value is -4.70. The molecular weight excluding hydrogens is 492 g/mol. The van der Waals surface area contributed by atoms with E-state index in [0.717, 1.165) is 16.6 Å². The minimum Gasteiger partial charge on any atom is -0.493 e. The number of amides is 1. The van der Waals surface area contributed by atoms with Crippen LogP contribution in [0, 0.1) is 0 Å². The third kappa shape index (κ3) is 5.14. The lowest BCUT2D eigenvalue weighted by molar-refractivity contribution is -0.119. The number of carbonyl (C=O) groups is 2. The van der Waals surface area contributed by atoms with Crippen LogP contribution in [0.15, 0.2) is 72.1 Å². The van der Waals surface area contributed by atoms with Crippen LogP contribution in [-0.2, 0) is 9.53 Å². The number of benzene rings is 3. The fourth-order valence-corrected chi connectivity index (χ4v) is 4.51. The van der Waals surface area contributed by atoms with Crippen LogP contribution < -0.4 is 14.8 Å². The molecule has 3 aromatic carbocycles. The number of anilines is 1. The van der Waals surface area contributed by atoms with E-state index in [2.05, 4.69) is 20.3 Å². The summed E-state index contributed by atoms with van der Waals surface area (Å²) in [6.45, 7) is -0.460. The van der Waals surface area contributed by atoms with E-state index in [9.17, 15) is 9.59 Å². The highest BCUT2D eigenvalue weighted by Gasteiger charge is 2.18. The fourth-order valence-electron chi connectivity index (χ4n) is 3.77. The molecule has 2 heterocycles. The molecule has 0 saturated heterocycles. The number of methoxy groups -OCH3 is 2. The largest absolute Gasteiger partial charge is 0.493 e. The maximum atomic E-state index is 12.8. The molecule has 0 aliphatic rings. The van der Waals surface area contributed by atoms with Crippen molar-refractivity contribution in [2.24, 2.45) is 0 Å². The number of thiazole rings is 1. The number of nitrogens with one attached hydrogen (secondary N) is 2. The Morgan fingerprint density at radius 2 is 1.73 bits per heavy atom. The number of fused-ring (bicyclic) bond motifs is 1. The number of esters is 1. The highest BCUT2D eigenvalue weighted by atomic mass is 32.1. The van der Waals surface area contributed by atoms with E-state index in [1.54, 1.807) is 44.6 Å². The predicted molar refractivity (Wildman–Crippen MR) is 141 cm³/mol. The molecular formula is C27H22N4O5S. The van der Waals surface area contributed by atoms with E-state index in [0.29, 0.717) is 39.3 Å². The standard InChI is InChI=1S/C27H22N4O5S/c1-34-22-12-11-16(13-23(22)35-2)21-15-37-27(30-21)31-24(32)14-36-26(33)18-8-4-3-7-17(18)25-28-19-9-5-6-10-20(19)29-25/h3-13,15H,14H2,1-2H3,(H,28,29)(H,30,31,32). The summed E-state index contributed by atoms with van der Waals surface area (Å²) in [5, 5.41) is 4.87. The molecule has 0 bridgehead atoms. The van der Waals surface area contributed by atoms with Gasteiger partial charge in [-0.3, -0.25) is 10.1 Å². The molecule has 2 aromatic heterocycles. The third-order valence-electron chi connectivity index (χ3n) is 5.56. The second-order valence-corrected chi connectivity index (χ2v) is 8.74. The van der Waals surface area contributed by atoms with Crippen LogP contribution in [0.4, 0.5) is 5.13 Å². The molecule has 9 nitrogen and oxygen atoms in total. The van der Waals surface area contributed by atoms with Crippen LogP contribution in [0.1, 0.15) is 10.4 Å². The van der Waals surface area contributed by atoms with Crippen molar-refractivity contribution in [2.45, 2.75) is 0 Å². The Kier molecular flexibility index (Phi) is 6.82. The summed E-state index contributed by atoms with van der Waals surface area (Å²) < 4.78 is 15.9. The number of ether oxygens (including phenoxy) is 3. The van der Waals surface area contributed by atoms with Crippen molar-refractivity contribution >= 4 is 39.4 Å². The number of aromatic nitrogens is 3. The summed E-state index contributed by atoms with van der Waals surface area (Å²) in [7, 11) is 3.13. The number of hydrogen-bond acceptors (Lipinski definition) is 8. The van der Waals surface area contributed by atoms with E-state index in [4.69, 9.17) is 14.2 Å². The second kappa shape index (κ2) is 10.5. The number of nitrogens with zero attached hydrogens (tertiary/aromatic N) is 2. The molecule has 0 aliphatic heterocycles. The molecule has 2 N–H and O–H groups in total. The van der Waals surface area contributed by atoms with E-state index >= 15 is 0 Å². The molecule has 37 heavy (non-hydrogen) atoms. The van der Waals surface area contributed by atoms with Crippen molar-refractivity contribution in [1.82, 2.24) is 15.0 Å². The van der Waals surface area contributed by atoms with E-state index in [1.165, 1.54) is 11.3 Å². The average molecular weight is 515 g/mol. The van der Waals surface area contributed by atoms with Gasteiger partial charge in [0.1, 0.15) is 5.82 Å². The Morgan fingerprint density at radius 3 is 2.54 bits per heavy atom. The average Bonchev–Trinajstić information content (AvgIpc) is 3.58.